The summed E-state index contributed by atoms with van der Waals surface area (Å²) in [4.78, 5) is 53.0. The van der Waals surface area contributed by atoms with Crippen LogP contribution >= 0.6 is 0 Å². The molecule has 0 radical (unpaired) electrons. The van der Waals surface area contributed by atoms with Crippen molar-refractivity contribution in [1.82, 2.24) is 15.5 Å². The number of rotatable bonds is 12. The van der Waals surface area contributed by atoms with Crippen LogP contribution in [0.15, 0.2) is 73.8 Å². The Morgan fingerprint density at radius 3 is 2.32 bits per heavy atom. The van der Waals surface area contributed by atoms with Crippen molar-refractivity contribution in [3.8, 4) is 0 Å². The molecule has 0 bridgehead atoms. The Labute approximate surface area is 223 Å². The second kappa shape index (κ2) is 13.8. The highest BCUT2D eigenvalue weighted by atomic mass is 16.6. The minimum atomic E-state index is -1.37. The fourth-order valence-electron chi connectivity index (χ4n) is 3.72. The second-order valence-corrected chi connectivity index (χ2v) is 9.63. The average Bonchev–Trinajstić information content (AvgIpc) is 2.85. The summed E-state index contributed by atoms with van der Waals surface area (Å²) in [6.45, 7) is 12.7. The first kappa shape index (κ1) is 29.8. The van der Waals surface area contributed by atoms with Crippen molar-refractivity contribution < 1.29 is 23.9 Å². The minimum absolute atomic E-state index is 0.0498. The predicted molar refractivity (Wildman–Crippen MR) is 146 cm³/mol. The first-order chi connectivity index (χ1) is 17.9. The first-order valence-electron chi connectivity index (χ1n) is 12.2. The number of carbonyl (C=O) groups excluding carboxylic acids is 4. The van der Waals surface area contributed by atoms with E-state index in [0.29, 0.717) is 5.56 Å². The maximum atomic E-state index is 13.8. The van der Waals surface area contributed by atoms with Crippen molar-refractivity contribution in [1.29, 1.82) is 0 Å². The van der Waals surface area contributed by atoms with Crippen LogP contribution in [0.4, 0.5) is 4.79 Å². The van der Waals surface area contributed by atoms with Crippen LogP contribution in [-0.2, 0) is 25.7 Å². The van der Waals surface area contributed by atoms with Crippen LogP contribution in [0, 0.1) is 0 Å². The van der Waals surface area contributed by atoms with Crippen LogP contribution in [0.5, 0.6) is 0 Å². The van der Waals surface area contributed by atoms with Crippen LogP contribution in [0.3, 0.4) is 0 Å². The summed E-state index contributed by atoms with van der Waals surface area (Å²) < 4.78 is 5.27. The van der Waals surface area contributed by atoms with Crippen molar-refractivity contribution in [2.45, 2.75) is 51.4 Å². The fraction of sp³-hybridized carbons (Fsp3) is 0.310. The molecule has 0 saturated heterocycles. The zero-order valence-electron chi connectivity index (χ0n) is 22.1. The van der Waals surface area contributed by atoms with Gasteiger partial charge in [-0.3, -0.25) is 14.4 Å². The van der Waals surface area contributed by atoms with Gasteiger partial charge in [0.05, 0.1) is 6.42 Å². The van der Waals surface area contributed by atoms with Gasteiger partial charge in [0.15, 0.2) is 0 Å². The molecule has 2 atom stereocenters. The van der Waals surface area contributed by atoms with Gasteiger partial charge in [-0.15, -0.1) is 6.58 Å². The first-order valence-corrected chi connectivity index (χ1v) is 12.2. The molecule has 0 fully saturated rings. The monoisotopic (exact) mass is 520 g/mol. The Morgan fingerprint density at radius 1 is 1.05 bits per heavy atom. The van der Waals surface area contributed by atoms with Gasteiger partial charge in [0.25, 0.3) is 0 Å². The number of nitrogens with zero attached hydrogens (tertiary/aromatic N) is 1. The van der Waals surface area contributed by atoms with Gasteiger partial charge in [-0.05, 0) is 43.5 Å². The summed E-state index contributed by atoms with van der Waals surface area (Å²) in [6.07, 6.45) is 1.70. The molecule has 0 saturated carbocycles. The smallest absolute Gasteiger partial charge is 0.408 e. The Balaban J connectivity index is 2.47. The molecule has 2 rings (SSSR count). The number of nitrogens with one attached hydrogen (secondary N) is 2. The van der Waals surface area contributed by atoms with E-state index in [1.807, 2.05) is 36.4 Å². The summed E-state index contributed by atoms with van der Waals surface area (Å²) in [5, 5.41) is 5.32. The third-order valence-corrected chi connectivity index (χ3v) is 5.33. The third-order valence-electron chi connectivity index (χ3n) is 5.33. The lowest BCUT2D eigenvalue weighted by molar-refractivity contribution is -0.142. The van der Waals surface area contributed by atoms with Gasteiger partial charge in [-0.1, -0.05) is 67.3 Å². The van der Waals surface area contributed by atoms with Crippen molar-refractivity contribution in [2.75, 3.05) is 6.54 Å². The number of hydrogen-bond donors (Lipinski definition) is 3. The number of primary amides is 1. The Hall–Kier alpha value is -4.40. The van der Waals surface area contributed by atoms with E-state index in [0.717, 1.165) is 11.1 Å². The summed E-state index contributed by atoms with van der Waals surface area (Å²) in [5.41, 5.74) is 6.69. The van der Waals surface area contributed by atoms with E-state index in [-0.39, 0.29) is 13.1 Å². The Kier molecular flexibility index (Phi) is 10.8. The van der Waals surface area contributed by atoms with E-state index < -0.39 is 47.9 Å². The second-order valence-electron chi connectivity index (χ2n) is 9.63. The van der Waals surface area contributed by atoms with Crippen molar-refractivity contribution in [3.05, 3.63) is 90.5 Å². The molecule has 38 heavy (non-hydrogen) atoms. The number of benzene rings is 2. The van der Waals surface area contributed by atoms with E-state index in [1.165, 1.54) is 11.0 Å². The number of nitrogens with two attached hydrogens (primary N) is 1. The standard InChI is InChI=1S/C29H36N4O5/c1-6-16-33(27(36)23(18-24(30)34)32-28(37)38-29(3,4)5)25(22-15-11-14-20(7-2)17-22)26(35)31-19-21-12-9-8-10-13-21/h6-15,17,23,25H,1-2,16,18-19H2,3-5H3,(H2,30,34)(H,31,35)(H,32,37). The topological polar surface area (TPSA) is 131 Å². The van der Waals surface area contributed by atoms with Crippen LogP contribution < -0.4 is 16.4 Å². The number of alkyl carbamates (subject to hydrolysis) is 1. The lowest BCUT2D eigenvalue weighted by Gasteiger charge is -2.33. The maximum Gasteiger partial charge on any atom is 0.408 e. The molecule has 0 aliphatic heterocycles. The van der Waals surface area contributed by atoms with Gasteiger partial charge < -0.3 is 26.0 Å². The average molecular weight is 521 g/mol. The van der Waals surface area contributed by atoms with E-state index in [1.54, 1.807) is 45.0 Å². The van der Waals surface area contributed by atoms with Gasteiger partial charge in [0.1, 0.15) is 17.7 Å². The molecule has 0 aromatic heterocycles. The molecule has 9 heteroatoms. The highest BCUT2D eigenvalue weighted by Crippen LogP contribution is 2.25. The van der Waals surface area contributed by atoms with Crippen molar-refractivity contribution >= 4 is 29.9 Å². The van der Waals surface area contributed by atoms with Gasteiger partial charge in [-0.25, -0.2) is 4.79 Å². The SMILES string of the molecule is C=CCN(C(=O)C(CC(N)=O)NC(=O)OC(C)(C)C)C(C(=O)NCc1ccccc1)c1cccc(C=C)c1. The van der Waals surface area contributed by atoms with E-state index in [2.05, 4.69) is 23.8 Å². The summed E-state index contributed by atoms with van der Waals surface area (Å²) >= 11 is 0. The van der Waals surface area contributed by atoms with Crippen LogP contribution in [0.25, 0.3) is 6.08 Å². The van der Waals surface area contributed by atoms with Crippen LogP contribution in [0.2, 0.25) is 0 Å². The number of ether oxygens (including phenoxy) is 1. The number of amides is 4. The molecular weight excluding hydrogens is 484 g/mol. The highest BCUT2D eigenvalue weighted by Gasteiger charge is 2.36. The van der Waals surface area contributed by atoms with Crippen LogP contribution in [0.1, 0.15) is 49.9 Å². The molecule has 0 aliphatic rings. The molecule has 4 N–H and O–H groups in total. The quantitative estimate of drug-likeness (QED) is 0.369. The predicted octanol–water partition coefficient (Wildman–Crippen LogP) is 3.47. The van der Waals surface area contributed by atoms with Crippen LogP contribution in [-0.4, -0.2) is 46.9 Å². The van der Waals surface area contributed by atoms with Gasteiger partial charge in [0.2, 0.25) is 17.7 Å². The lowest BCUT2D eigenvalue weighted by atomic mass is 9.99. The minimum Gasteiger partial charge on any atom is -0.444 e. The van der Waals surface area contributed by atoms with E-state index >= 15 is 0 Å². The zero-order chi connectivity index (χ0) is 28.3. The molecule has 2 aromatic carbocycles. The molecule has 0 heterocycles. The molecule has 0 spiro atoms. The third kappa shape index (κ3) is 9.24. The van der Waals surface area contributed by atoms with E-state index in [4.69, 9.17) is 10.5 Å². The molecule has 2 unspecified atom stereocenters. The normalized spacial score (nSPS) is 12.4. The molecular formula is C29H36N4O5. The zero-order valence-corrected chi connectivity index (χ0v) is 22.1. The molecule has 9 nitrogen and oxygen atoms in total. The number of carbonyl (C=O) groups is 4. The maximum absolute atomic E-state index is 13.8. The molecule has 4 amide bonds. The van der Waals surface area contributed by atoms with E-state index in [9.17, 15) is 19.2 Å². The molecule has 202 valence electrons. The van der Waals surface area contributed by atoms with Gasteiger partial charge in [-0.2, -0.15) is 0 Å². The van der Waals surface area contributed by atoms with Crippen molar-refractivity contribution in [3.63, 3.8) is 0 Å². The molecule has 0 aliphatic carbocycles. The fourth-order valence-corrected chi connectivity index (χ4v) is 3.72. The largest absolute Gasteiger partial charge is 0.444 e. The summed E-state index contributed by atoms with van der Waals surface area (Å²) in [5.74, 6) is -1.96. The Bertz CT molecular complexity index is 1160. The van der Waals surface area contributed by atoms with Gasteiger partial charge >= 0.3 is 6.09 Å². The summed E-state index contributed by atoms with van der Waals surface area (Å²) in [7, 11) is 0. The summed E-state index contributed by atoms with van der Waals surface area (Å²) in [6, 6.07) is 13.9. The lowest BCUT2D eigenvalue weighted by Crippen LogP contribution is -2.54. The Morgan fingerprint density at radius 2 is 1.74 bits per heavy atom. The number of hydrogen-bond acceptors (Lipinski definition) is 5. The van der Waals surface area contributed by atoms with Crippen molar-refractivity contribution in [2.24, 2.45) is 5.73 Å². The highest BCUT2D eigenvalue weighted by molar-refractivity contribution is 5.94. The molecule has 2 aromatic rings. The van der Waals surface area contributed by atoms with Gasteiger partial charge in [0, 0.05) is 13.1 Å².